The van der Waals surface area contributed by atoms with Gasteiger partial charge in [-0.1, -0.05) is 20.3 Å². The molecule has 112 valence electrons. The second-order valence-corrected chi connectivity index (χ2v) is 4.39. The predicted molar refractivity (Wildman–Crippen MR) is 70.7 cm³/mol. The third kappa shape index (κ3) is 7.79. The SMILES string of the molecule is CCCCOC(=O)[C@H](COC)NC(=O)[C@@H](C)COC. The third-order valence-corrected chi connectivity index (χ3v) is 2.54. The average Bonchev–Trinajstić information content (AvgIpc) is 2.38. The van der Waals surface area contributed by atoms with E-state index < -0.39 is 12.0 Å². The van der Waals surface area contributed by atoms with Crippen LogP contribution in [0.4, 0.5) is 0 Å². The van der Waals surface area contributed by atoms with Gasteiger partial charge in [0, 0.05) is 14.2 Å². The highest BCUT2D eigenvalue weighted by Crippen LogP contribution is 1.99. The highest BCUT2D eigenvalue weighted by molar-refractivity contribution is 5.85. The normalized spacial score (nSPS) is 13.7. The number of carbonyl (C=O) groups is 2. The van der Waals surface area contributed by atoms with Gasteiger partial charge in [0.25, 0.3) is 0 Å². The Labute approximate surface area is 114 Å². The van der Waals surface area contributed by atoms with Crippen LogP contribution in [0.1, 0.15) is 26.7 Å². The van der Waals surface area contributed by atoms with E-state index in [-0.39, 0.29) is 18.4 Å². The van der Waals surface area contributed by atoms with Gasteiger partial charge < -0.3 is 19.5 Å². The van der Waals surface area contributed by atoms with Crippen LogP contribution in [0.5, 0.6) is 0 Å². The van der Waals surface area contributed by atoms with Crippen LogP contribution in [0.2, 0.25) is 0 Å². The highest BCUT2D eigenvalue weighted by atomic mass is 16.5. The molecule has 0 spiro atoms. The molecular formula is C13H25NO5. The highest BCUT2D eigenvalue weighted by Gasteiger charge is 2.24. The van der Waals surface area contributed by atoms with E-state index in [1.54, 1.807) is 6.92 Å². The number of unbranched alkanes of at least 4 members (excludes halogenated alkanes) is 1. The number of hydrogen-bond acceptors (Lipinski definition) is 5. The zero-order chi connectivity index (χ0) is 14.7. The number of methoxy groups -OCH3 is 2. The van der Waals surface area contributed by atoms with Gasteiger partial charge in [0.05, 0.1) is 25.7 Å². The summed E-state index contributed by atoms with van der Waals surface area (Å²) < 4.78 is 14.9. The van der Waals surface area contributed by atoms with E-state index in [1.807, 2.05) is 6.92 Å². The summed E-state index contributed by atoms with van der Waals surface area (Å²) in [6, 6.07) is -0.770. The van der Waals surface area contributed by atoms with Crippen molar-refractivity contribution < 1.29 is 23.8 Å². The fourth-order valence-corrected chi connectivity index (χ4v) is 1.39. The lowest BCUT2D eigenvalue weighted by Gasteiger charge is -2.19. The van der Waals surface area contributed by atoms with Crippen molar-refractivity contribution in [2.75, 3.05) is 34.0 Å². The summed E-state index contributed by atoms with van der Waals surface area (Å²) in [7, 11) is 2.99. The Hall–Kier alpha value is -1.14. The molecule has 0 aliphatic heterocycles. The van der Waals surface area contributed by atoms with Gasteiger partial charge in [-0.2, -0.15) is 0 Å². The van der Waals surface area contributed by atoms with E-state index in [0.29, 0.717) is 13.2 Å². The Morgan fingerprint density at radius 1 is 1.16 bits per heavy atom. The summed E-state index contributed by atoms with van der Waals surface area (Å²) in [4.78, 5) is 23.6. The van der Waals surface area contributed by atoms with Gasteiger partial charge in [0.15, 0.2) is 6.04 Å². The Kier molecular flexibility index (Phi) is 10.1. The number of amides is 1. The molecule has 0 rings (SSSR count). The lowest BCUT2D eigenvalue weighted by Crippen LogP contribution is -2.47. The van der Waals surface area contributed by atoms with Crippen LogP contribution >= 0.6 is 0 Å². The second kappa shape index (κ2) is 10.8. The zero-order valence-electron chi connectivity index (χ0n) is 12.2. The van der Waals surface area contributed by atoms with Gasteiger partial charge in [-0.05, 0) is 6.42 Å². The lowest BCUT2D eigenvalue weighted by molar-refractivity contribution is -0.150. The van der Waals surface area contributed by atoms with E-state index in [9.17, 15) is 9.59 Å². The summed E-state index contributed by atoms with van der Waals surface area (Å²) in [5.74, 6) is -1.04. The fourth-order valence-electron chi connectivity index (χ4n) is 1.39. The zero-order valence-corrected chi connectivity index (χ0v) is 12.2. The lowest BCUT2D eigenvalue weighted by atomic mass is 10.1. The van der Waals surface area contributed by atoms with Crippen LogP contribution in [0.25, 0.3) is 0 Å². The molecule has 0 fully saturated rings. The maximum absolute atomic E-state index is 11.8. The van der Waals surface area contributed by atoms with Gasteiger partial charge >= 0.3 is 5.97 Å². The second-order valence-electron chi connectivity index (χ2n) is 4.39. The van der Waals surface area contributed by atoms with Crippen LogP contribution in [-0.2, 0) is 23.8 Å². The van der Waals surface area contributed by atoms with Crippen LogP contribution in [0.15, 0.2) is 0 Å². The molecule has 0 saturated carbocycles. The molecule has 0 aliphatic rings. The van der Waals surface area contributed by atoms with Crippen LogP contribution < -0.4 is 5.32 Å². The predicted octanol–water partition coefficient (Wildman–Crippen LogP) is 0.743. The fraction of sp³-hybridized carbons (Fsp3) is 0.846. The summed E-state index contributed by atoms with van der Waals surface area (Å²) in [6.45, 7) is 4.49. The summed E-state index contributed by atoms with van der Waals surface area (Å²) in [6.07, 6.45) is 1.75. The molecule has 0 aromatic rings. The third-order valence-electron chi connectivity index (χ3n) is 2.54. The van der Waals surface area contributed by atoms with Crippen molar-refractivity contribution in [3.05, 3.63) is 0 Å². The van der Waals surface area contributed by atoms with Gasteiger partial charge in [0.1, 0.15) is 0 Å². The molecule has 0 radical (unpaired) electrons. The standard InChI is InChI=1S/C13H25NO5/c1-5-6-7-19-13(16)11(9-18-4)14-12(15)10(2)8-17-3/h10-11H,5-9H2,1-4H3,(H,14,15)/t10-,11-/m0/s1. The number of carbonyl (C=O) groups excluding carboxylic acids is 2. The Bertz CT molecular complexity index is 270. The molecule has 1 N–H and O–H groups in total. The number of esters is 1. The topological polar surface area (TPSA) is 73.9 Å². The molecular weight excluding hydrogens is 250 g/mol. The molecule has 0 unspecified atom stereocenters. The Balaban J connectivity index is 4.30. The van der Waals surface area contributed by atoms with Gasteiger partial charge in [-0.3, -0.25) is 4.79 Å². The minimum Gasteiger partial charge on any atom is -0.464 e. The first-order valence-electron chi connectivity index (χ1n) is 6.51. The smallest absolute Gasteiger partial charge is 0.331 e. The minimum atomic E-state index is -0.770. The maximum atomic E-state index is 11.8. The molecule has 0 aromatic carbocycles. The van der Waals surface area contributed by atoms with Gasteiger partial charge in [-0.15, -0.1) is 0 Å². The largest absolute Gasteiger partial charge is 0.464 e. The monoisotopic (exact) mass is 275 g/mol. The van der Waals surface area contributed by atoms with Crippen molar-refractivity contribution in [2.45, 2.75) is 32.7 Å². The Morgan fingerprint density at radius 2 is 1.79 bits per heavy atom. The van der Waals surface area contributed by atoms with Crippen molar-refractivity contribution in [1.82, 2.24) is 5.32 Å². The molecule has 0 aromatic heterocycles. The van der Waals surface area contributed by atoms with Crippen molar-refractivity contribution in [3.63, 3.8) is 0 Å². The van der Waals surface area contributed by atoms with E-state index in [1.165, 1.54) is 14.2 Å². The van der Waals surface area contributed by atoms with Crippen molar-refractivity contribution in [3.8, 4) is 0 Å². The quantitative estimate of drug-likeness (QED) is 0.470. The van der Waals surface area contributed by atoms with E-state index >= 15 is 0 Å². The molecule has 1 amide bonds. The van der Waals surface area contributed by atoms with Crippen molar-refractivity contribution in [2.24, 2.45) is 5.92 Å². The first-order valence-corrected chi connectivity index (χ1v) is 6.51. The molecule has 6 heteroatoms. The molecule has 0 bridgehead atoms. The first kappa shape index (κ1) is 17.9. The average molecular weight is 275 g/mol. The summed E-state index contributed by atoms with van der Waals surface area (Å²) in [5, 5.41) is 2.61. The first-order chi connectivity index (χ1) is 9.06. The van der Waals surface area contributed by atoms with E-state index in [4.69, 9.17) is 14.2 Å². The molecule has 2 atom stereocenters. The van der Waals surface area contributed by atoms with Gasteiger partial charge in [0.2, 0.25) is 5.91 Å². The molecule has 0 saturated heterocycles. The molecule has 19 heavy (non-hydrogen) atoms. The molecule has 6 nitrogen and oxygen atoms in total. The number of rotatable bonds is 10. The van der Waals surface area contributed by atoms with Crippen molar-refractivity contribution >= 4 is 11.9 Å². The van der Waals surface area contributed by atoms with Crippen LogP contribution in [-0.4, -0.2) is 52.0 Å². The van der Waals surface area contributed by atoms with Crippen LogP contribution in [0.3, 0.4) is 0 Å². The van der Waals surface area contributed by atoms with Crippen LogP contribution in [0, 0.1) is 5.92 Å². The minimum absolute atomic E-state index is 0.0937. The summed E-state index contributed by atoms with van der Waals surface area (Å²) in [5.41, 5.74) is 0. The summed E-state index contributed by atoms with van der Waals surface area (Å²) >= 11 is 0. The Morgan fingerprint density at radius 3 is 2.32 bits per heavy atom. The van der Waals surface area contributed by atoms with Gasteiger partial charge in [-0.25, -0.2) is 4.79 Å². The number of nitrogens with one attached hydrogen (secondary N) is 1. The maximum Gasteiger partial charge on any atom is 0.331 e. The van der Waals surface area contributed by atoms with E-state index in [0.717, 1.165) is 12.8 Å². The molecule has 0 heterocycles. The number of ether oxygens (including phenoxy) is 3. The van der Waals surface area contributed by atoms with E-state index in [2.05, 4.69) is 5.32 Å². The number of hydrogen-bond donors (Lipinski definition) is 1. The van der Waals surface area contributed by atoms with Crippen molar-refractivity contribution in [1.29, 1.82) is 0 Å². The molecule has 0 aliphatic carbocycles.